The molecule has 0 aliphatic heterocycles. The Bertz CT molecular complexity index is 588. The second-order valence-electron chi connectivity index (χ2n) is 4.94. The van der Waals surface area contributed by atoms with Crippen molar-refractivity contribution in [3.05, 3.63) is 53.7 Å². The number of hydrazone groups is 1. The minimum atomic E-state index is -0.260. The summed E-state index contributed by atoms with van der Waals surface area (Å²) >= 11 is 0. The van der Waals surface area contributed by atoms with E-state index in [9.17, 15) is 4.39 Å². The first kappa shape index (κ1) is 12.0. The molecule has 0 amide bonds. The number of hydrogen-bond acceptors (Lipinski definition) is 3. The summed E-state index contributed by atoms with van der Waals surface area (Å²) in [7, 11) is 0. The maximum atomic E-state index is 12.7. The molecule has 1 aliphatic rings. The number of nitrogens with one attached hydrogen (secondary N) is 1. The average molecular weight is 258 g/mol. The normalized spacial score (nSPS) is 21.8. The van der Waals surface area contributed by atoms with E-state index < -0.39 is 0 Å². The van der Waals surface area contributed by atoms with Crippen molar-refractivity contribution in [1.82, 2.24) is 0 Å². The summed E-state index contributed by atoms with van der Waals surface area (Å²) in [5.74, 6) is 2.81. The molecule has 4 heteroatoms. The van der Waals surface area contributed by atoms with E-state index in [-0.39, 0.29) is 5.82 Å². The fourth-order valence-electron chi connectivity index (χ4n) is 2.05. The fourth-order valence-corrected chi connectivity index (χ4v) is 2.05. The van der Waals surface area contributed by atoms with Gasteiger partial charge in [-0.1, -0.05) is 6.92 Å². The van der Waals surface area contributed by atoms with Crippen LogP contribution in [0.3, 0.4) is 0 Å². The minimum Gasteiger partial charge on any atom is -0.460 e. The molecule has 1 heterocycles. The zero-order valence-electron chi connectivity index (χ0n) is 10.6. The monoisotopic (exact) mass is 258 g/mol. The number of furan rings is 1. The Hall–Kier alpha value is -2.10. The quantitative estimate of drug-likeness (QED) is 0.665. The van der Waals surface area contributed by atoms with Crippen LogP contribution >= 0.6 is 0 Å². The molecule has 1 aromatic carbocycles. The summed E-state index contributed by atoms with van der Waals surface area (Å²) in [6.07, 6.45) is 2.83. The van der Waals surface area contributed by atoms with Crippen molar-refractivity contribution in [2.45, 2.75) is 19.3 Å². The molecule has 2 atom stereocenters. The first-order valence-electron chi connectivity index (χ1n) is 6.37. The number of benzene rings is 1. The third-order valence-corrected chi connectivity index (χ3v) is 3.35. The van der Waals surface area contributed by atoms with Crippen molar-refractivity contribution in [3.63, 3.8) is 0 Å². The molecule has 0 saturated heterocycles. The highest BCUT2D eigenvalue weighted by Crippen LogP contribution is 2.47. The van der Waals surface area contributed by atoms with Gasteiger partial charge >= 0.3 is 0 Å². The zero-order valence-corrected chi connectivity index (χ0v) is 10.6. The van der Waals surface area contributed by atoms with Gasteiger partial charge in [-0.3, -0.25) is 5.43 Å². The Kier molecular flexibility index (Phi) is 3.07. The molecule has 3 rings (SSSR count). The molecule has 1 aliphatic carbocycles. The summed E-state index contributed by atoms with van der Waals surface area (Å²) < 4.78 is 18.4. The van der Waals surface area contributed by atoms with Gasteiger partial charge in [0.2, 0.25) is 0 Å². The maximum Gasteiger partial charge on any atom is 0.147 e. The average Bonchev–Trinajstić information content (AvgIpc) is 2.96. The molecule has 0 bridgehead atoms. The van der Waals surface area contributed by atoms with Gasteiger partial charge in [-0.2, -0.15) is 5.10 Å². The van der Waals surface area contributed by atoms with Crippen LogP contribution in [0.1, 0.15) is 30.8 Å². The lowest BCUT2D eigenvalue weighted by Crippen LogP contribution is -1.89. The molecular weight excluding hydrogens is 243 g/mol. The van der Waals surface area contributed by atoms with Crippen LogP contribution in [0.25, 0.3) is 0 Å². The SMILES string of the molecule is C[C@@H]1C[C@H]1c1ccc(/C=N\Nc2ccc(F)cc2)o1. The summed E-state index contributed by atoms with van der Waals surface area (Å²) in [5, 5.41) is 4.06. The van der Waals surface area contributed by atoms with Gasteiger partial charge in [0.1, 0.15) is 17.3 Å². The Morgan fingerprint density at radius 2 is 2.00 bits per heavy atom. The van der Waals surface area contributed by atoms with Crippen LogP contribution < -0.4 is 5.43 Å². The van der Waals surface area contributed by atoms with Crippen LogP contribution in [0.5, 0.6) is 0 Å². The van der Waals surface area contributed by atoms with Crippen molar-refractivity contribution in [2.75, 3.05) is 5.43 Å². The molecule has 3 nitrogen and oxygen atoms in total. The molecule has 19 heavy (non-hydrogen) atoms. The first-order chi connectivity index (χ1) is 9.22. The third-order valence-electron chi connectivity index (χ3n) is 3.35. The van der Waals surface area contributed by atoms with E-state index in [0.29, 0.717) is 5.92 Å². The number of anilines is 1. The summed E-state index contributed by atoms with van der Waals surface area (Å²) in [6, 6.07) is 9.95. The van der Waals surface area contributed by atoms with Crippen LogP contribution in [0, 0.1) is 11.7 Å². The highest BCUT2D eigenvalue weighted by molar-refractivity contribution is 5.76. The van der Waals surface area contributed by atoms with Gasteiger partial charge in [0.15, 0.2) is 0 Å². The molecular formula is C15H15FN2O. The lowest BCUT2D eigenvalue weighted by molar-refractivity contribution is 0.500. The highest BCUT2D eigenvalue weighted by Gasteiger charge is 2.36. The fraction of sp³-hybridized carbons (Fsp3) is 0.267. The lowest BCUT2D eigenvalue weighted by Gasteiger charge is -1.98. The summed E-state index contributed by atoms with van der Waals surface area (Å²) in [5.41, 5.74) is 3.56. The van der Waals surface area contributed by atoms with Gasteiger partial charge in [0.25, 0.3) is 0 Å². The predicted molar refractivity (Wildman–Crippen MR) is 72.8 cm³/mol. The van der Waals surface area contributed by atoms with E-state index in [1.54, 1.807) is 18.3 Å². The van der Waals surface area contributed by atoms with Crippen LogP contribution in [0.4, 0.5) is 10.1 Å². The summed E-state index contributed by atoms with van der Waals surface area (Å²) in [6.45, 7) is 2.22. The predicted octanol–water partition coefficient (Wildman–Crippen LogP) is 3.99. The lowest BCUT2D eigenvalue weighted by atomic mass is 10.3. The topological polar surface area (TPSA) is 37.5 Å². The van der Waals surface area contributed by atoms with Crippen molar-refractivity contribution in [1.29, 1.82) is 0 Å². The molecule has 1 saturated carbocycles. The molecule has 98 valence electrons. The second-order valence-corrected chi connectivity index (χ2v) is 4.94. The Morgan fingerprint density at radius 3 is 2.68 bits per heavy atom. The van der Waals surface area contributed by atoms with Crippen molar-refractivity contribution in [2.24, 2.45) is 11.0 Å². The molecule has 0 unspecified atom stereocenters. The Labute approximate surface area is 111 Å². The molecule has 0 radical (unpaired) electrons. The molecule has 2 aromatic rings. The van der Waals surface area contributed by atoms with Crippen molar-refractivity contribution < 1.29 is 8.81 Å². The van der Waals surface area contributed by atoms with Gasteiger partial charge in [-0.05, 0) is 48.7 Å². The summed E-state index contributed by atoms with van der Waals surface area (Å²) in [4.78, 5) is 0. The van der Waals surface area contributed by atoms with Gasteiger partial charge < -0.3 is 4.42 Å². The van der Waals surface area contributed by atoms with Crippen LogP contribution in [0.2, 0.25) is 0 Å². The molecule has 1 aromatic heterocycles. The van der Waals surface area contributed by atoms with E-state index in [4.69, 9.17) is 4.42 Å². The number of hydrogen-bond donors (Lipinski definition) is 1. The van der Waals surface area contributed by atoms with Crippen LogP contribution in [0.15, 0.2) is 45.9 Å². The van der Waals surface area contributed by atoms with Crippen molar-refractivity contribution >= 4 is 11.9 Å². The zero-order chi connectivity index (χ0) is 13.2. The van der Waals surface area contributed by atoms with Gasteiger partial charge in [-0.25, -0.2) is 4.39 Å². The molecule has 1 fully saturated rings. The van der Waals surface area contributed by atoms with Gasteiger partial charge in [-0.15, -0.1) is 0 Å². The van der Waals surface area contributed by atoms with E-state index >= 15 is 0 Å². The third kappa shape index (κ3) is 2.84. The number of nitrogens with zero attached hydrogens (tertiary/aromatic N) is 1. The second kappa shape index (κ2) is 4.88. The first-order valence-corrected chi connectivity index (χ1v) is 6.37. The largest absolute Gasteiger partial charge is 0.460 e. The minimum absolute atomic E-state index is 0.260. The maximum absolute atomic E-state index is 12.7. The number of rotatable bonds is 4. The van der Waals surface area contributed by atoms with Crippen LogP contribution in [-0.2, 0) is 0 Å². The van der Waals surface area contributed by atoms with Gasteiger partial charge in [0.05, 0.1) is 11.9 Å². The molecule has 0 spiro atoms. The Morgan fingerprint density at radius 1 is 1.26 bits per heavy atom. The smallest absolute Gasteiger partial charge is 0.147 e. The highest BCUT2D eigenvalue weighted by atomic mass is 19.1. The standard InChI is InChI=1S/C15H15FN2O/c1-10-8-14(10)15-7-6-13(19-15)9-17-18-12-4-2-11(16)3-5-12/h2-7,9-10,14,18H,8H2,1H3/b17-9-/t10-,14-/m1/s1. The van der Waals surface area contributed by atoms with Crippen LogP contribution in [-0.4, -0.2) is 6.21 Å². The Balaban J connectivity index is 1.60. The van der Waals surface area contributed by atoms with E-state index in [1.165, 1.54) is 18.6 Å². The van der Waals surface area contributed by atoms with E-state index in [1.807, 2.05) is 12.1 Å². The number of halogens is 1. The van der Waals surface area contributed by atoms with Gasteiger partial charge in [0, 0.05) is 5.92 Å². The van der Waals surface area contributed by atoms with E-state index in [0.717, 1.165) is 23.1 Å². The van der Waals surface area contributed by atoms with Crippen molar-refractivity contribution in [3.8, 4) is 0 Å². The molecule has 1 N–H and O–H groups in total. The van der Waals surface area contributed by atoms with E-state index in [2.05, 4.69) is 17.5 Å².